The fraction of sp³-hybridized carbons (Fsp3) is 0.300. The maximum absolute atomic E-state index is 10.6. The average molecular weight is 284 g/mol. The van der Waals surface area contributed by atoms with Crippen LogP contribution in [-0.4, -0.2) is 22.6 Å². The van der Waals surface area contributed by atoms with Crippen LogP contribution in [0.5, 0.6) is 0 Å². The van der Waals surface area contributed by atoms with E-state index in [0.717, 1.165) is 0 Å². The molecule has 0 saturated heterocycles. The smallest absolute Gasteiger partial charge is 0.308 e. The summed E-state index contributed by atoms with van der Waals surface area (Å²) in [5.41, 5.74) is 0.459. The third-order valence-corrected chi connectivity index (χ3v) is 2.62. The molecule has 5 nitrogen and oxygen atoms in total. The number of carboxylic acids is 1. The van der Waals surface area contributed by atoms with E-state index in [0.29, 0.717) is 15.9 Å². The first kappa shape index (κ1) is 12.5. The molecule has 0 bridgehead atoms. The molecule has 0 aliphatic heterocycles. The van der Waals surface area contributed by atoms with Crippen LogP contribution >= 0.6 is 15.9 Å². The van der Waals surface area contributed by atoms with E-state index in [9.17, 15) is 4.79 Å². The number of carbonyl (C=O) groups is 1. The summed E-state index contributed by atoms with van der Waals surface area (Å²) in [7, 11) is 0. The lowest BCUT2D eigenvalue weighted by atomic mass is 10.2. The zero-order chi connectivity index (χ0) is 12.1. The summed E-state index contributed by atoms with van der Waals surface area (Å²) in [4.78, 5) is 14.6. The number of rotatable bonds is 4. The molecule has 1 aromatic heterocycles. The molecule has 1 rings (SSSR count). The first-order chi connectivity index (χ1) is 7.54. The van der Waals surface area contributed by atoms with Gasteiger partial charge >= 0.3 is 5.97 Å². The van der Waals surface area contributed by atoms with Crippen molar-refractivity contribution in [1.29, 1.82) is 5.26 Å². The Morgan fingerprint density at radius 1 is 1.81 bits per heavy atom. The minimum atomic E-state index is -0.870. The van der Waals surface area contributed by atoms with E-state index in [1.807, 2.05) is 6.07 Å². The van der Waals surface area contributed by atoms with E-state index in [2.05, 4.69) is 26.2 Å². The molecule has 0 radical (unpaired) electrons. The number of carboxylic acid groups (broad SMARTS) is 1. The topological polar surface area (TPSA) is 86.0 Å². The Labute approximate surface area is 101 Å². The maximum Gasteiger partial charge on any atom is 0.308 e. The van der Waals surface area contributed by atoms with Crippen LogP contribution in [0.25, 0.3) is 0 Å². The lowest BCUT2D eigenvalue weighted by molar-refractivity contribution is -0.140. The van der Waals surface area contributed by atoms with Crippen molar-refractivity contribution in [1.82, 2.24) is 4.98 Å². The van der Waals surface area contributed by atoms with E-state index >= 15 is 0 Å². The van der Waals surface area contributed by atoms with Crippen molar-refractivity contribution in [2.45, 2.75) is 6.92 Å². The Bertz CT molecular complexity index is 442. The highest BCUT2D eigenvalue weighted by atomic mass is 79.9. The molecule has 0 saturated carbocycles. The van der Waals surface area contributed by atoms with Gasteiger partial charge in [-0.3, -0.25) is 4.79 Å². The first-order valence-electron chi connectivity index (χ1n) is 4.57. The fourth-order valence-electron chi connectivity index (χ4n) is 0.966. The van der Waals surface area contributed by atoms with Gasteiger partial charge in [-0.2, -0.15) is 5.26 Å². The standard InChI is InChI=1S/C10H10BrN3O2/c1-6(10(15)16)4-13-9-2-7(3-12)8(11)5-14-9/h2,5-6H,4H2,1H3,(H,13,14)(H,15,16). The minimum absolute atomic E-state index is 0.273. The second kappa shape index (κ2) is 5.47. The van der Waals surface area contributed by atoms with Crippen LogP contribution in [0.2, 0.25) is 0 Å². The van der Waals surface area contributed by atoms with Gasteiger partial charge in [-0.25, -0.2) is 4.98 Å². The van der Waals surface area contributed by atoms with Gasteiger partial charge in [-0.05, 0) is 22.0 Å². The summed E-state index contributed by atoms with van der Waals surface area (Å²) in [5.74, 6) is -0.881. The SMILES string of the molecule is CC(CNc1cc(C#N)c(Br)cn1)C(=O)O. The Balaban J connectivity index is 2.69. The van der Waals surface area contributed by atoms with Crippen LogP contribution in [0.3, 0.4) is 0 Å². The first-order valence-corrected chi connectivity index (χ1v) is 5.36. The molecule has 1 aromatic rings. The Morgan fingerprint density at radius 2 is 2.50 bits per heavy atom. The Morgan fingerprint density at radius 3 is 3.06 bits per heavy atom. The van der Waals surface area contributed by atoms with E-state index < -0.39 is 11.9 Å². The van der Waals surface area contributed by atoms with Crippen molar-refractivity contribution in [2.24, 2.45) is 5.92 Å². The lowest BCUT2D eigenvalue weighted by Crippen LogP contribution is -2.20. The molecule has 16 heavy (non-hydrogen) atoms. The van der Waals surface area contributed by atoms with Gasteiger partial charge < -0.3 is 10.4 Å². The van der Waals surface area contributed by atoms with Crippen LogP contribution in [0.4, 0.5) is 5.82 Å². The van der Waals surface area contributed by atoms with E-state index in [1.54, 1.807) is 13.0 Å². The number of aromatic nitrogens is 1. The van der Waals surface area contributed by atoms with Gasteiger partial charge in [0.25, 0.3) is 0 Å². The number of nitrogens with one attached hydrogen (secondary N) is 1. The quantitative estimate of drug-likeness (QED) is 0.881. The van der Waals surface area contributed by atoms with E-state index in [-0.39, 0.29) is 6.54 Å². The molecule has 1 atom stereocenters. The zero-order valence-corrected chi connectivity index (χ0v) is 10.2. The number of halogens is 1. The molecule has 84 valence electrons. The summed E-state index contributed by atoms with van der Waals surface area (Å²) in [6, 6.07) is 3.57. The summed E-state index contributed by atoms with van der Waals surface area (Å²) >= 11 is 3.19. The van der Waals surface area contributed by atoms with Gasteiger partial charge in [0, 0.05) is 12.7 Å². The van der Waals surface area contributed by atoms with Gasteiger partial charge in [0.1, 0.15) is 11.9 Å². The average Bonchev–Trinajstić information content (AvgIpc) is 2.27. The molecular weight excluding hydrogens is 274 g/mol. The van der Waals surface area contributed by atoms with Crippen LogP contribution in [0, 0.1) is 17.2 Å². The predicted octanol–water partition coefficient (Wildman–Crippen LogP) is 1.85. The highest BCUT2D eigenvalue weighted by Gasteiger charge is 2.10. The Kier molecular flexibility index (Phi) is 4.26. The summed E-state index contributed by atoms with van der Waals surface area (Å²) in [6.07, 6.45) is 1.51. The molecule has 6 heteroatoms. The molecular formula is C10H10BrN3O2. The molecule has 0 aliphatic carbocycles. The van der Waals surface area contributed by atoms with Crippen LogP contribution in [0.15, 0.2) is 16.7 Å². The maximum atomic E-state index is 10.6. The minimum Gasteiger partial charge on any atom is -0.481 e. The normalized spacial score (nSPS) is 11.6. The molecule has 0 aromatic carbocycles. The van der Waals surface area contributed by atoms with Crippen molar-refractivity contribution in [3.05, 3.63) is 22.3 Å². The molecule has 0 spiro atoms. The number of nitrogens with zero attached hydrogens (tertiary/aromatic N) is 2. The van der Waals surface area contributed by atoms with Crippen LogP contribution in [0.1, 0.15) is 12.5 Å². The van der Waals surface area contributed by atoms with Crippen LogP contribution in [-0.2, 0) is 4.79 Å². The number of pyridine rings is 1. The summed E-state index contributed by atoms with van der Waals surface area (Å²) < 4.78 is 0.617. The highest BCUT2D eigenvalue weighted by molar-refractivity contribution is 9.10. The van der Waals surface area contributed by atoms with Gasteiger partial charge in [0.2, 0.25) is 0 Å². The number of nitriles is 1. The number of hydrogen-bond donors (Lipinski definition) is 2. The monoisotopic (exact) mass is 283 g/mol. The summed E-state index contributed by atoms with van der Waals surface area (Å²) in [6.45, 7) is 1.87. The number of aliphatic carboxylic acids is 1. The zero-order valence-electron chi connectivity index (χ0n) is 8.57. The second-order valence-corrected chi connectivity index (χ2v) is 4.14. The van der Waals surface area contributed by atoms with Crippen molar-refractivity contribution >= 4 is 27.7 Å². The van der Waals surface area contributed by atoms with Crippen molar-refractivity contribution < 1.29 is 9.90 Å². The molecule has 2 N–H and O–H groups in total. The predicted molar refractivity (Wildman–Crippen MR) is 61.9 cm³/mol. The van der Waals surface area contributed by atoms with E-state index in [1.165, 1.54) is 6.20 Å². The van der Waals surface area contributed by atoms with Crippen molar-refractivity contribution in [3.8, 4) is 6.07 Å². The van der Waals surface area contributed by atoms with Gasteiger partial charge in [0.15, 0.2) is 0 Å². The highest BCUT2D eigenvalue weighted by Crippen LogP contribution is 2.17. The van der Waals surface area contributed by atoms with E-state index in [4.69, 9.17) is 10.4 Å². The molecule has 1 heterocycles. The largest absolute Gasteiger partial charge is 0.481 e. The van der Waals surface area contributed by atoms with Crippen molar-refractivity contribution in [3.63, 3.8) is 0 Å². The van der Waals surface area contributed by atoms with Gasteiger partial charge in [0.05, 0.1) is 16.0 Å². The van der Waals surface area contributed by atoms with Crippen LogP contribution < -0.4 is 5.32 Å². The fourth-order valence-corrected chi connectivity index (χ4v) is 1.27. The molecule has 0 amide bonds. The third kappa shape index (κ3) is 3.21. The second-order valence-electron chi connectivity index (χ2n) is 3.28. The Hall–Kier alpha value is -1.61. The van der Waals surface area contributed by atoms with Gasteiger partial charge in [-0.15, -0.1) is 0 Å². The lowest BCUT2D eigenvalue weighted by Gasteiger charge is -2.09. The molecule has 0 fully saturated rings. The third-order valence-electron chi connectivity index (χ3n) is 1.99. The number of hydrogen-bond acceptors (Lipinski definition) is 4. The molecule has 0 aliphatic rings. The van der Waals surface area contributed by atoms with Gasteiger partial charge in [-0.1, -0.05) is 6.92 Å². The summed E-state index contributed by atoms with van der Waals surface area (Å²) in [5, 5.41) is 20.3. The molecule has 1 unspecified atom stereocenters. The number of anilines is 1. The van der Waals surface area contributed by atoms with Crippen molar-refractivity contribution in [2.75, 3.05) is 11.9 Å².